The van der Waals surface area contributed by atoms with E-state index in [0.29, 0.717) is 11.3 Å². The third-order valence-electron chi connectivity index (χ3n) is 5.34. The highest BCUT2D eigenvalue weighted by Gasteiger charge is 2.24. The normalized spacial score (nSPS) is 10.9. The monoisotopic (exact) mass is 420 g/mol. The number of phenols is 3. The number of hydrogen-bond acceptors (Lipinski definition) is 4. The van der Waals surface area contributed by atoms with Gasteiger partial charge in [0, 0.05) is 22.3 Å². The fourth-order valence-electron chi connectivity index (χ4n) is 3.82. The molecule has 5 rings (SSSR count). The fraction of sp³-hybridized carbons (Fsp3) is 0. The van der Waals surface area contributed by atoms with Gasteiger partial charge in [0.2, 0.25) is 0 Å². The van der Waals surface area contributed by atoms with E-state index < -0.39 is 0 Å². The predicted molar refractivity (Wildman–Crippen MR) is 125 cm³/mol. The van der Waals surface area contributed by atoms with E-state index in [0.717, 1.165) is 28.1 Å². The molecular formula is C27H20N2O3. The summed E-state index contributed by atoms with van der Waals surface area (Å²) >= 11 is 0. The first-order valence-corrected chi connectivity index (χ1v) is 10.2. The van der Waals surface area contributed by atoms with Crippen LogP contribution in [0.1, 0.15) is 0 Å². The van der Waals surface area contributed by atoms with Crippen LogP contribution >= 0.6 is 0 Å². The molecule has 0 saturated heterocycles. The number of nitrogens with zero attached hydrogens (tertiary/aromatic N) is 2. The molecule has 0 aliphatic carbocycles. The fourth-order valence-corrected chi connectivity index (χ4v) is 3.82. The number of aromatic nitrogens is 2. The van der Waals surface area contributed by atoms with Gasteiger partial charge in [-0.15, -0.1) is 0 Å². The summed E-state index contributed by atoms with van der Waals surface area (Å²) in [5.74, 6) is 0.474. The first-order chi connectivity index (χ1) is 15.6. The Morgan fingerprint density at radius 1 is 0.562 bits per heavy atom. The summed E-state index contributed by atoms with van der Waals surface area (Å²) in [5.41, 5.74) is 5.33. The summed E-state index contributed by atoms with van der Waals surface area (Å²) in [5, 5.41) is 35.3. The van der Waals surface area contributed by atoms with Gasteiger partial charge in [-0.3, -0.25) is 0 Å². The number of para-hydroxylation sites is 2. The molecule has 3 N–H and O–H groups in total. The summed E-state index contributed by atoms with van der Waals surface area (Å²) < 4.78 is 1.84. The van der Waals surface area contributed by atoms with Crippen molar-refractivity contribution in [3.63, 3.8) is 0 Å². The molecular weight excluding hydrogens is 400 g/mol. The van der Waals surface area contributed by atoms with Crippen LogP contribution in [-0.2, 0) is 0 Å². The van der Waals surface area contributed by atoms with E-state index in [-0.39, 0.29) is 17.2 Å². The molecule has 5 aromatic rings. The molecule has 5 heteroatoms. The van der Waals surface area contributed by atoms with Crippen molar-refractivity contribution in [2.24, 2.45) is 0 Å². The minimum Gasteiger partial charge on any atom is -0.508 e. The van der Waals surface area contributed by atoms with Gasteiger partial charge in [0.25, 0.3) is 0 Å². The second-order valence-electron chi connectivity index (χ2n) is 7.43. The van der Waals surface area contributed by atoms with Crippen LogP contribution in [0.4, 0.5) is 0 Å². The van der Waals surface area contributed by atoms with Crippen molar-refractivity contribution in [2.75, 3.05) is 0 Å². The average Bonchev–Trinajstić information content (AvgIpc) is 3.21. The van der Waals surface area contributed by atoms with Gasteiger partial charge in [-0.2, -0.15) is 5.10 Å². The molecule has 1 aromatic heterocycles. The largest absolute Gasteiger partial charge is 0.508 e. The van der Waals surface area contributed by atoms with E-state index in [4.69, 9.17) is 5.10 Å². The lowest BCUT2D eigenvalue weighted by Gasteiger charge is -2.12. The van der Waals surface area contributed by atoms with E-state index in [9.17, 15) is 15.3 Å². The van der Waals surface area contributed by atoms with Crippen molar-refractivity contribution in [3.8, 4) is 56.6 Å². The second kappa shape index (κ2) is 7.96. The molecule has 5 nitrogen and oxygen atoms in total. The van der Waals surface area contributed by atoms with Gasteiger partial charge in [0.05, 0.1) is 11.4 Å². The van der Waals surface area contributed by atoms with E-state index >= 15 is 0 Å². The van der Waals surface area contributed by atoms with E-state index in [1.807, 2.05) is 59.3 Å². The molecule has 1 heterocycles. The Balaban J connectivity index is 1.90. The number of hydrogen-bond donors (Lipinski definition) is 3. The van der Waals surface area contributed by atoms with Crippen LogP contribution in [0.5, 0.6) is 17.2 Å². The summed E-state index contributed by atoms with van der Waals surface area (Å²) in [6, 6.07) is 30.7. The average molecular weight is 420 g/mol. The molecule has 0 atom stereocenters. The minimum absolute atomic E-state index is 0.139. The zero-order valence-corrected chi connectivity index (χ0v) is 17.1. The van der Waals surface area contributed by atoms with Gasteiger partial charge in [-0.1, -0.05) is 36.4 Å². The number of rotatable bonds is 4. The number of aromatic hydroxyl groups is 3. The first-order valence-electron chi connectivity index (χ1n) is 10.2. The molecule has 0 fully saturated rings. The Morgan fingerprint density at radius 3 is 1.75 bits per heavy atom. The Morgan fingerprint density at radius 2 is 1.12 bits per heavy atom. The van der Waals surface area contributed by atoms with Crippen LogP contribution in [0.3, 0.4) is 0 Å². The highest BCUT2D eigenvalue weighted by Crippen LogP contribution is 2.44. The maximum absolute atomic E-state index is 10.8. The quantitative estimate of drug-likeness (QED) is 0.334. The van der Waals surface area contributed by atoms with Crippen LogP contribution in [0, 0.1) is 0 Å². The SMILES string of the molecule is Oc1ccc(-c2nn(-c3ccccc3)c(-c3ccc(O)cc3)c2-c2ccccc2O)cc1. The van der Waals surface area contributed by atoms with Crippen molar-refractivity contribution in [1.29, 1.82) is 0 Å². The van der Waals surface area contributed by atoms with Gasteiger partial charge >= 0.3 is 0 Å². The van der Waals surface area contributed by atoms with Gasteiger partial charge < -0.3 is 15.3 Å². The van der Waals surface area contributed by atoms with E-state index in [1.54, 1.807) is 48.5 Å². The van der Waals surface area contributed by atoms with Crippen molar-refractivity contribution in [1.82, 2.24) is 9.78 Å². The van der Waals surface area contributed by atoms with Crippen molar-refractivity contribution in [3.05, 3.63) is 103 Å². The minimum atomic E-state index is 0.139. The van der Waals surface area contributed by atoms with Crippen LogP contribution in [0.15, 0.2) is 103 Å². The van der Waals surface area contributed by atoms with Crippen LogP contribution in [-0.4, -0.2) is 25.1 Å². The van der Waals surface area contributed by atoms with Gasteiger partial charge in [0.1, 0.15) is 22.9 Å². The predicted octanol–water partition coefficient (Wildman–Crippen LogP) is 5.99. The van der Waals surface area contributed by atoms with Gasteiger partial charge in [-0.05, 0) is 66.7 Å². The Kier molecular flexibility index (Phi) is 4.84. The Labute approximate surface area is 185 Å². The Hall–Kier alpha value is -4.51. The molecule has 0 unspecified atom stereocenters. The van der Waals surface area contributed by atoms with E-state index in [2.05, 4.69) is 0 Å². The highest BCUT2D eigenvalue weighted by molar-refractivity contribution is 5.94. The lowest BCUT2D eigenvalue weighted by atomic mass is 9.95. The lowest BCUT2D eigenvalue weighted by molar-refractivity contribution is 0.475. The third kappa shape index (κ3) is 3.46. The van der Waals surface area contributed by atoms with Crippen LogP contribution in [0.25, 0.3) is 39.3 Å². The summed E-state index contributed by atoms with van der Waals surface area (Å²) in [6.45, 7) is 0. The van der Waals surface area contributed by atoms with Crippen molar-refractivity contribution >= 4 is 0 Å². The first kappa shape index (κ1) is 19.5. The molecule has 0 bridgehead atoms. The zero-order valence-electron chi connectivity index (χ0n) is 17.1. The summed E-state index contributed by atoms with van der Waals surface area (Å²) in [4.78, 5) is 0. The highest BCUT2D eigenvalue weighted by atomic mass is 16.3. The lowest BCUT2D eigenvalue weighted by Crippen LogP contribution is -1.99. The summed E-state index contributed by atoms with van der Waals surface area (Å²) in [7, 11) is 0. The van der Waals surface area contributed by atoms with Crippen molar-refractivity contribution < 1.29 is 15.3 Å². The standard InChI is InChI=1S/C27H20N2O3/c30-21-14-10-18(11-15-21)26-25(23-8-4-5-9-24(23)32)27(19-12-16-22(31)17-13-19)29(28-26)20-6-2-1-3-7-20/h1-17,30-32H. The third-order valence-corrected chi connectivity index (χ3v) is 5.34. The molecule has 0 amide bonds. The van der Waals surface area contributed by atoms with Crippen LogP contribution < -0.4 is 0 Å². The number of benzene rings is 4. The van der Waals surface area contributed by atoms with E-state index in [1.165, 1.54) is 0 Å². The van der Waals surface area contributed by atoms with Gasteiger partial charge in [-0.25, -0.2) is 4.68 Å². The molecule has 0 aliphatic rings. The smallest absolute Gasteiger partial charge is 0.123 e. The molecule has 32 heavy (non-hydrogen) atoms. The molecule has 0 spiro atoms. The van der Waals surface area contributed by atoms with Crippen molar-refractivity contribution in [2.45, 2.75) is 0 Å². The second-order valence-corrected chi connectivity index (χ2v) is 7.43. The molecule has 4 aromatic carbocycles. The summed E-state index contributed by atoms with van der Waals surface area (Å²) in [6.07, 6.45) is 0. The zero-order chi connectivity index (χ0) is 22.1. The maximum atomic E-state index is 10.8. The maximum Gasteiger partial charge on any atom is 0.123 e. The topological polar surface area (TPSA) is 78.5 Å². The molecule has 0 radical (unpaired) electrons. The number of phenolic OH excluding ortho intramolecular Hbond substituents is 3. The molecule has 0 aliphatic heterocycles. The van der Waals surface area contributed by atoms with Crippen LogP contribution in [0.2, 0.25) is 0 Å². The molecule has 156 valence electrons. The van der Waals surface area contributed by atoms with Gasteiger partial charge in [0.15, 0.2) is 0 Å². The molecule has 0 saturated carbocycles. The Bertz CT molecular complexity index is 1370.